The maximum Gasteiger partial charge on any atom is 0.126 e. The lowest BCUT2D eigenvalue weighted by Crippen LogP contribution is -2.23. The van der Waals surface area contributed by atoms with E-state index >= 15 is 0 Å². The second-order valence-electron chi connectivity index (χ2n) is 4.12. The summed E-state index contributed by atoms with van der Waals surface area (Å²) >= 11 is 0. The van der Waals surface area contributed by atoms with Crippen LogP contribution in [0.3, 0.4) is 0 Å². The summed E-state index contributed by atoms with van der Waals surface area (Å²) < 4.78 is 0. The third-order valence-electron chi connectivity index (χ3n) is 2.29. The molecule has 0 aliphatic carbocycles. The molecule has 0 atom stereocenters. The number of hydrogen-bond acceptors (Lipinski definition) is 3. The number of pyridine rings is 1. The standard InChI is InChI=1S/C13H21N3/c1-11(2)15-9-5-3-4-7-12-8-6-10-16-13(12)14/h3-4,6,8,10-11,15H,5,7,9H2,1-2H3,(H2,14,16). The fraction of sp³-hybridized carbons (Fsp3) is 0.462. The van der Waals surface area contributed by atoms with Gasteiger partial charge in [-0.05, 0) is 31.0 Å². The van der Waals surface area contributed by atoms with E-state index in [-0.39, 0.29) is 0 Å². The minimum Gasteiger partial charge on any atom is -0.383 e. The number of nitrogen functional groups attached to an aromatic ring is 1. The molecule has 1 heterocycles. The van der Waals surface area contributed by atoms with Crippen LogP contribution in [-0.2, 0) is 6.42 Å². The Morgan fingerprint density at radius 2 is 2.25 bits per heavy atom. The van der Waals surface area contributed by atoms with E-state index in [1.165, 1.54) is 0 Å². The van der Waals surface area contributed by atoms with Gasteiger partial charge in [0.15, 0.2) is 0 Å². The number of hydrogen-bond donors (Lipinski definition) is 2. The molecule has 0 amide bonds. The summed E-state index contributed by atoms with van der Waals surface area (Å²) in [5.41, 5.74) is 6.84. The normalized spacial score (nSPS) is 11.4. The third kappa shape index (κ3) is 4.94. The Hall–Kier alpha value is -1.35. The fourth-order valence-electron chi connectivity index (χ4n) is 1.41. The van der Waals surface area contributed by atoms with Crippen molar-refractivity contribution in [2.45, 2.75) is 32.7 Å². The molecule has 1 aromatic rings. The van der Waals surface area contributed by atoms with Crippen LogP contribution in [-0.4, -0.2) is 17.6 Å². The molecule has 0 unspecified atom stereocenters. The van der Waals surface area contributed by atoms with Crippen LogP contribution in [0, 0.1) is 0 Å². The van der Waals surface area contributed by atoms with Crippen LogP contribution >= 0.6 is 0 Å². The molecule has 3 N–H and O–H groups in total. The molecule has 0 fully saturated rings. The lowest BCUT2D eigenvalue weighted by molar-refractivity contribution is 0.594. The maximum absolute atomic E-state index is 5.74. The summed E-state index contributed by atoms with van der Waals surface area (Å²) in [7, 11) is 0. The highest BCUT2D eigenvalue weighted by Crippen LogP contribution is 2.07. The van der Waals surface area contributed by atoms with E-state index in [1.54, 1.807) is 6.20 Å². The lowest BCUT2D eigenvalue weighted by atomic mass is 10.1. The topological polar surface area (TPSA) is 50.9 Å². The summed E-state index contributed by atoms with van der Waals surface area (Å²) in [6.07, 6.45) is 7.96. The maximum atomic E-state index is 5.74. The van der Waals surface area contributed by atoms with Crippen LogP contribution in [0.5, 0.6) is 0 Å². The van der Waals surface area contributed by atoms with Crippen molar-refractivity contribution in [1.82, 2.24) is 10.3 Å². The number of nitrogens with zero attached hydrogens (tertiary/aromatic N) is 1. The van der Waals surface area contributed by atoms with Crippen LogP contribution in [0.25, 0.3) is 0 Å². The van der Waals surface area contributed by atoms with E-state index in [0.717, 1.165) is 24.9 Å². The first-order valence-electron chi connectivity index (χ1n) is 5.78. The van der Waals surface area contributed by atoms with Gasteiger partial charge in [-0.25, -0.2) is 4.98 Å². The van der Waals surface area contributed by atoms with E-state index in [0.29, 0.717) is 11.9 Å². The van der Waals surface area contributed by atoms with E-state index < -0.39 is 0 Å². The van der Waals surface area contributed by atoms with E-state index in [9.17, 15) is 0 Å². The highest BCUT2D eigenvalue weighted by Gasteiger charge is 1.95. The zero-order valence-electron chi connectivity index (χ0n) is 10.1. The summed E-state index contributed by atoms with van der Waals surface area (Å²) in [4.78, 5) is 4.05. The molecule has 0 aliphatic rings. The molecular weight excluding hydrogens is 198 g/mol. The highest BCUT2D eigenvalue weighted by atomic mass is 14.9. The van der Waals surface area contributed by atoms with Crippen LogP contribution in [0.2, 0.25) is 0 Å². The van der Waals surface area contributed by atoms with E-state index in [4.69, 9.17) is 5.73 Å². The third-order valence-corrected chi connectivity index (χ3v) is 2.29. The molecule has 0 spiro atoms. The quantitative estimate of drug-likeness (QED) is 0.569. The van der Waals surface area contributed by atoms with Crippen molar-refractivity contribution in [2.24, 2.45) is 0 Å². The van der Waals surface area contributed by atoms with Gasteiger partial charge in [-0.2, -0.15) is 0 Å². The Kier molecular flexibility index (Phi) is 5.57. The molecule has 1 aromatic heterocycles. The van der Waals surface area contributed by atoms with Gasteiger partial charge in [0.1, 0.15) is 5.82 Å². The van der Waals surface area contributed by atoms with Crippen molar-refractivity contribution in [3.8, 4) is 0 Å². The molecule has 0 saturated heterocycles. The molecular formula is C13H21N3. The Morgan fingerprint density at radius 3 is 2.94 bits per heavy atom. The summed E-state index contributed by atoms with van der Waals surface area (Å²) in [6.45, 7) is 5.33. The average molecular weight is 219 g/mol. The number of anilines is 1. The number of nitrogens with one attached hydrogen (secondary N) is 1. The number of rotatable bonds is 6. The van der Waals surface area contributed by atoms with Crippen molar-refractivity contribution < 1.29 is 0 Å². The molecule has 0 saturated carbocycles. The second kappa shape index (κ2) is 7.01. The molecule has 0 aromatic carbocycles. The monoisotopic (exact) mass is 219 g/mol. The lowest BCUT2D eigenvalue weighted by Gasteiger charge is -2.05. The van der Waals surface area contributed by atoms with Crippen molar-refractivity contribution in [3.05, 3.63) is 36.0 Å². The van der Waals surface area contributed by atoms with Gasteiger partial charge in [-0.3, -0.25) is 0 Å². The van der Waals surface area contributed by atoms with Crippen LogP contribution in [0.15, 0.2) is 30.5 Å². The van der Waals surface area contributed by atoms with Crippen LogP contribution < -0.4 is 11.1 Å². The van der Waals surface area contributed by atoms with Crippen molar-refractivity contribution in [2.75, 3.05) is 12.3 Å². The Labute approximate surface area is 97.8 Å². The van der Waals surface area contributed by atoms with Crippen LogP contribution in [0.4, 0.5) is 5.82 Å². The molecule has 3 nitrogen and oxygen atoms in total. The molecule has 3 heteroatoms. The molecule has 0 radical (unpaired) electrons. The molecule has 0 aliphatic heterocycles. The van der Waals surface area contributed by atoms with Gasteiger partial charge in [0.2, 0.25) is 0 Å². The van der Waals surface area contributed by atoms with Gasteiger partial charge in [-0.15, -0.1) is 0 Å². The zero-order valence-corrected chi connectivity index (χ0v) is 10.1. The first-order valence-corrected chi connectivity index (χ1v) is 5.78. The predicted molar refractivity (Wildman–Crippen MR) is 69.2 cm³/mol. The van der Waals surface area contributed by atoms with Crippen molar-refractivity contribution in [1.29, 1.82) is 0 Å². The van der Waals surface area contributed by atoms with Crippen molar-refractivity contribution in [3.63, 3.8) is 0 Å². The Balaban J connectivity index is 2.24. The molecule has 16 heavy (non-hydrogen) atoms. The van der Waals surface area contributed by atoms with Gasteiger partial charge in [0, 0.05) is 12.2 Å². The van der Waals surface area contributed by atoms with Crippen LogP contribution in [0.1, 0.15) is 25.8 Å². The number of nitrogens with two attached hydrogens (primary N) is 1. The van der Waals surface area contributed by atoms with Crippen molar-refractivity contribution >= 4 is 5.82 Å². The van der Waals surface area contributed by atoms with E-state index in [1.807, 2.05) is 12.1 Å². The van der Waals surface area contributed by atoms with Gasteiger partial charge < -0.3 is 11.1 Å². The minimum absolute atomic E-state index is 0.558. The molecule has 1 rings (SSSR count). The van der Waals surface area contributed by atoms with Gasteiger partial charge >= 0.3 is 0 Å². The SMILES string of the molecule is CC(C)NCCC=CCc1cccnc1N. The average Bonchev–Trinajstić information content (AvgIpc) is 2.25. The molecule has 88 valence electrons. The van der Waals surface area contributed by atoms with Gasteiger partial charge in [0.25, 0.3) is 0 Å². The summed E-state index contributed by atoms with van der Waals surface area (Å²) in [5, 5.41) is 3.37. The fourth-order valence-corrected chi connectivity index (χ4v) is 1.41. The van der Waals surface area contributed by atoms with Gasteiger partial charge in [0.05, 0.1) is 0 Å². The predicted octanol–water partition coefficient (Wildman–Crippen LogP) is 2.15. The number of allylic oxidation sites excluding steroid dienone is 1. The smallest absolute Gasteiger partial charge is 0.126 e. The summed E-state index contributed by atoms with van der Waals surface area (Å²) in [5.74, 6) is 0.632. The minimum atomic E-state index is 0.558. The summed E-state index contributed by atoms with van der Waals surface area (Å²) in [6, 6.07) is 4.49. The van der Waals surface area contributed by atoms with Gasteiger partial charge in [-0.1, -0.05) is 32.1 Å². The second-order valence-corrected chi connectivity index (χ2v) is 4.12. The molecule has 0 bridgehead atoms. The first kappa shape index (κ1) is 12.7. The number of aromatic nitrogens is 1. The Bertz CT molecular complexity index is 332. The largest absolute Gasteiger partial charge is 0.383 e. The Morgan fingerprint density at radius 1 is 1.44 bits per heavy atom. The van der Waals surface area contributed by atoms with E-state index in [2.05, 4.69) is 36.3 Å². The first-order chi connectivity index (χ1) is 7.70. The highest BCUT2D eigenvalue weighted by molar-refractivity contribution is 5.39. The zero-order chi connectivity index (χ0) is 11.8.